The second kappa shape index (κ2) is 6.93. The zero-order valence-electron chi connectivity index (χ0n) is 12.0. The molecular weight excluding hydrogens is 330 g/mol. The highest BCUT2D eigenvalue weighted by molar-refractivity contribution is 7.16. The number of nitrogens with zero attached hydrogens (tertiary/aromatic N) is 1. The molecule has 0 atom stereocenters. The Labute approximate surface area is 135 Å². The Bertz CT molecular complexity index is 748. The molecule has 0 aliphatic carbocycles. The number of esters is 2. The lowest BCUT2D eigenvalue weighted by Gasteiger charge is -2.16. The van der Waals surface area contributed by atoms with Gasteiger partial charge in [0.05, 0.1) is 23.4 Å². The molecule has 0 saturated carbocycles. The number of ether oxygens (including phenoxy) is 2. The second-order valence-corrected chi connectivity index (χ2v) is 5.69. The number of carbonyl (C=O) groups is 2. The van der Waals surface area contributed by atoms with Crippen LogP contribution in [0.15, 0.2) is 23.0 Å². The van der Waals surface area contributed by atoms with Gasteiger partial charge in [-0.2, -0.15) is 0 Å². The largest absolute Gasteiger partial charge is 0.464 e. The minimum atomic E-state index is -1.47. The van der Waals surface area contributed by atoms with E-state index >= 15 is 0 Å². The second-order valence-electron chi connectivity index (χ2n) is 4.26. The van der Waals surface area contributed by atoms with Crippen molar-refractivity contribution in [3.8, 4) is 0 Å². The molecule has 0 N–H and O–H groups in total. The Balaban J connectivity index is 2.63. The molecule has 1 aromatic carbocycles. The van der Waals surface area contributed by atoms with Crippen molar-refractivity contribution in [3.05, 3.63) is 32.9 Å². The van der Waals surface area contributed by atoms with Crippen LogP contribution in [0.3, 0.4) is 0 Å². The van der Waals surface area contributed by atoms with Crippen molar-refractivity contribution < 1.29 is 19.1 Å². The fourth-order valence-corrected chi connectivity index (χ4v) is 3.06. The first-order valence-electron chi connectivity index (χ1n) is 6.63. The van der Waals surface area contributed by atoms with Crippen LogP contribution < -0.4 is 4.87 Å². The Morgan fingerprint density at radius 1 is 1.23 bits per heavy atom. The Morgan fingerprint density at radius 2 is 1.82 bits per heavy atom. The fraction of sp³-hybridized carbons (Fsp3) is 0.357. The molecule has 2 rings (SSSR count). The molecular formula is C14H14ClNO5S. The molecule has 0 saturated heterocycles. The summed E-state index contributed by atoms with van der Waals surface area (Å²) in [4.78, 5) is 36.0. The van der Waals surface area contributed by atoms with Gasteiger partial charge in [0.25, 0.3) is 0 Å². The molecule has 0 unspecified atom stereocenters. The number of aromatic nitrogens is 1. The number of benzene rings is 1. The lowest BCUT2D eigenvalue weighted by atomic mass is 10.2. The SMILES string of the molecule is CCOC(=O)C(C(=O)OCC)n1c(=O)sc2ccc(Cl)cc21. The molecule has 118 valence electrons. The highest BCUT2D eigenvalue weighted by Gasteiger charge is 2.34. The summed E-state index contributed by atoms with van der Waals surface area (Å²) in [6.07, 6.45) is 0. The van der Waals surface area contributed by atoms with E-state index in [0.29, 0.717) is 15.2 Å². The van der Waals surface area contributed by atoms with Crippen LogP contribution >= 0.6 is 22.9 Å². The van der Waals surface area contributed by atoms with Gasteiger partial charge in [-0.1, -0.05) is 22.9 Å². The molecule has 6 nitrogen and oxygen atoms in total. The quantitative estimate of drug-likeness (QED) is 0.615. The summed E-state index contributed by atoms with van der Waals surface area (Å²) in [7, 11) is 0. The molecule has 0 aliphatic rings. The number of rotatable bonds is 5. The van der Waals surface area contributed by atoms with Crippen molar-refractivity contribution in [2.24, 2.45) is 0 Å². The van der Waals surface area contributed by atoms with Gasteiger partial charge in [0.2, 0.25) is 6.04 Å². The molecule has 1 heterocycles. The average molecular weight is 344 g/mol. The van der Waals surface area contributed by atoms with E-state index in [9.17, 15) is 14.4 Å². The van der Waals surface area contributed by atoms with Crippen molar-refractivity contribution in [1.29, 1.82) is 0 Å². The summed E-state index contributed by atoms with van der Waals surface area (Å²) in [5.74, 6) is -1.66. The van der Waals surface area contributed by atoms with Crippen LogP contribution in [0.4, 0.5) is 0 Å². The molecule has 0 radical (unpaired) electrons. The van der Waals surface area contributed by atoms with Crippen molar-refractivity contribution in [2.75, 3.05) is 13.2 Å². The number of hydrogen-bond acceptors (Lipinski definition) is 6. The van der Waals surface area contributed by atoms with Crippen LogP contribution in [-0.4, -0.2) is 29.7 Å². The lowest BCUT2D eigenvalue weighted by Crippen LogP contribution is -2.35. The number of halogens is 1. The summed E-state index contributed by atoms with van der Waals surface area (Å²) in [5.41, 5.74) is 0.397. The molecule has 22 heavy (non-hydrogen) atoms. The van der Waals surface area contributed by atoms with Gasteiger partial charge in [-0.15, -0.1) is 0 Å². The average Bonchev–Trinajstić information content (AvgIpc) is 2.76. The third kappa shape index (κ3) is 3.15. The van der Waals surface area contributed by atoms with Gasteiger partial charge in [0.1, 0.15) is 0 Å². The summed E-state index contributed by atoms with van der Waals surface area (Å²) >= 11 is 6.86. The number of fused-ring (bicyclic) bond motifs is 1. The topological polar surface area (TPSA) is 74.6 Å². The highest BCUT2D eigenvalue weighted by Crippen LogP contribution is 2.25. The van der Waals surface area contributed by atoms with Crippen molar-refractivity contribution in [2.45, 2.75) is 19.9 Å². The third-order valence-electron chi connectivity index (χ3n) is 2.85. The van der Waals surface area contributed by atoms with Gasteiger partial charge in [0, 0.05) is 5.02 Å². The van der Waals surface area contributed by atoms with Crippen LogP contribution in [0.5, 0.6) is 0 Å². The van der Waals surface area contributed by atoms with E-state index in [4.69, 9.17) is 21.1 Å². The molecule has 2 aromatic rings. The first-order chi connectivity index (χ1) is 10.5. The molecule has 1 aromatic heterocycles. The summed E-state index contributed by atoms with van der Waals surface area (Å²) in [5, 5.41) is 0.394. The molecule has 8 heteroatoms. The maximum atomic E-state index is 12.2. The van der Waals surface area contributed by atoms with Crippen molar-refractivity contribution in [3.63, 3.8) is 0 Å². The van der Waals surface area contributed by atoms with Crippen LogP contribution in [0.2, 0.25) is 5.02 Å². The molecule has 0 amide bonds. The predicted octanol–water partition coefficient (Wildman–Crippen LogP) is 2.38. The minimum Gasteiger partial charge on any atom is -0.464 e. The lowest BCUT2D eigenvalue weighted by molar-refractivity contribution is -0.160. The van der Waals surface area contributed by atoms with E-state index in [0.717, 1.165) is 15.9 Å². The smallest absolute Gasteiger partial charge is 0.341 e. The maximum absolute atomic E-state index is 12.2. The normalized spacial score (nSPS) is 10.9. The zero-order valence-corrected chi connectivity index (χ0v) is 13.6. The Morgan fingerprint density at radius 3 is 2.36 bits per heavy atom. The van der Waals surface area contributed by atoms with Crippen molar-refractivity contribution in [1.82, 2.24) is 4.57 Å². The van der Waals surface area contributed by atoms with Crippen LogP contribution in [0.25, 0.3) is 10.2 Å². The predicted molar refractivity (Wildman–Crippen MR) is 83.4 cm³/mol. The molecule has 0 bridgehead atoms. The first kappa shape index (κ1) is 16.5. The van der Waals surface area contributed by atoms with Gasteiger partial charge >= 0.3 is 16.8 Å². The van der Waals surface area contributed by atoms with Gasteiger partial charge < -0.3 is 9.47 Å². The minimum absolute atomic E-state index is 0.0896. The summed E-state index contributed by atoms with van der Waals surface area (Å²) in [6.45, 7) is 3.41. The number of hydrogen-bond donors (Lipinski definition) is 0. The number of thiazole rings is 1. The van der Waals surface area contributed by atoms with Crippen LogP contribution in [0, 0.1) is 0 Å². The standard InChI is InChI=1S/C14H14ClNO5S/c1-3-20-12(17)11(13(18)21-4-2)16-9-7-8(15)5-6-10(9)22-14(16)19/h5-7,11H,3-4H2,1-2H3. The van der Waals surface area contributed by atoms with Gasteiger partial charge in [-0.05, 0) is 32.0 Å². The highest BCUT2D eigenvalue weighted by atomic mass is 35.5. The van der Waals surface area contributed by atoms with E-state index in [1.165, 1.54) is 6.07 Å². The summed E-state index contributed by atoms with van der Waals surface area (Å²) in [6, 6.07) is 3.35. The zero-order chi connectivity index (χ0) is 16.3. The van der Waals surface area contributed by atoms with Gasteiger partial charge in [-0.3, -0.25) is 9.36 Å². The van der Waals surface area contributed by atoms with Gasteiger partial charge in [0.15, 0.2) is 0 Å². The Hall–Kier alpha value is -1.86. The third-order valence-corrected chi connectivity index (χ3v) is 4.02. The van der Waals surface area contributed by atoms with E-state index in [1.54, 1.807) is 26.0 Å². The maximum Gasteiger partial charge on any atom is 0.341 e. The van der Waals surface area contributed by atoms with E-state index in [-0.39, 0.29) is 13.2 Å². The number of carbonyl (C=O) groups excluding carboxylic acids is 2. The van der Waals surface area contributed by atoms with Crippen LogP contribution in [-0.2, 0) is 19.1 Å². The van der Waals surface area contributed by atoms with Crippen LogP contribution in [0.1, 0.15) is 19.9 Å². The molecule has 0 spiro atoms. The first-order valence-corrected chi connectivity index (χ1v) is 7.82. The van der Waals surface area contributed by atoms with Gasteiger partial charge in [-0.25, -0.2) is 9.59 Å². The van der Waals surface area contributed by atoms with E-state index in [2.05, 4.69) is 0 Å². The molecule has 0 aliphatic heterocycles. The molecule has 0 fully saturated rings. The monoisotopic (exact) mass is 343 g/mol. The Kier molecular flexibility index (Phi) is 5.20. The van der Waals surface area contributed by atoms with E-state index in [1.807, 2.05) is 0 Å². The van der Waals surface area contributed by atoms with Crippen molar-refractivity contribution >= 4 is 45.1 Å². The summed E-state index contributed by atoms with van der Waals surface area (Å²) < 4.78 is 11.5. The van der Waals surface area contributed by atoms with E-state index < -0.39 is 22.9 Å². The fourth-order valence-electron chi connectivity index (χ4n) is 2.00.